The maximum absolute atomic E-state index is 9.82. The van der Waals surface area contributed by atoms with Gasteiger partial charge in [-0.05, 0) is 26.2 Å². The Morgan fingerprint density at radius 3 is 2.25 bits per heavy atom. The minimum absolute atomic E-state index is 0.474. The van der Waals surface area contributed by atoms with Crippen molar-refractivity contribution in [1.29, 1.82) is 0 Å². The van der Waals surface area contributed by atoms with Crippen LogP contribution >= 0.6 is 0 Å². The van der Waals surface area contributed by atoms with E-state index in [2.05, 4.69) is 6.92 Å². The molecule has 0 amide bonds. The Morgan fingerprint density at radius 2 is 1.92 bits per heavy atom. The molecule has 1 atom stereocenters. The van der Waals surface area contributed by atoms with E-state index in [0.29, 0.717) is 19.3 Å². The third-order valence-corrected chi connectivity index (χ3v) is 2.37. The molecule has 0 bridgehead atoms. The Hall–Kier alpha value is -0.340. The van der Waals surface area contributed by atoms with Crippen molar-refractivity contribution < 1.29 is 10.2 Å². The van der Waals surface area contributed by atoms with E-state index in [4.69, 9.17) is 0 Å². The van der Waals surface area contributed by atoms with Gasteiger partial charge in [0, 0.05) is 0 Å². The molecule has 1 unspecified atom stereocenters. The SMILES string of the molecule is [CH2]/C=C/CC(O)C(O)(CC)CC. The molecule has 0 rings (SSSR count). The third-order valence-electron chi connectivity index (χ3n) is 2.37. The zero-order valence-electron chi connectivity index (χ0n) is 7.95. The molecule has 0 aromatic carbocycles. The highest BCUT2D eigenvalue weighted by molar-refractivity contribution is 4.92. The highest BCUT2D eigenvalue weighted by Crippen LogP contribution is 2.21. The molecule has 12 heavy (non-hydrogen) atoms. The molecule has 2 N–H and O–H groups in total. The van der Waals surface area contributed by atoms with Gasteiger partial charge in [-0.1, -0.05) is 26.0 Å². The van der Waals surface area contributed by atoms with Gasteiger partial charge >= 0.3 is 0 Å². The summed E-state index contributed by atoms with van der Waals surface area (Å²) in [4.78, 5) is 0. The molecular formula is C10H19O2. The molecule has 0 aliphatic carbocycles. The molecule has 71 valence electrons. The van der Waals surface area contributed by atoms with Gasteiger partial charge in [-0.15, -0.1) is 0 Å². The lowest BCUT2D eigenvalue weighted by molar-refractivity contribution is -0.0778. The number of hydrogen-bond acceptors (Lipinski definition) is 2. The largest absolute Gasteiger partial charge is 0.390 e. The summed E-state index contributed by atoms with van der Waals surface area (Å²) in [6.45, 7) is 7.27. The molecule has 0 aromatic heterocycles. The Balaban J connectivity index is 4.11. The summed E-state index contributed by atoms with van der Waals surface area (Å²) in [5.74, 6) is 0. The van der Waals surface area contributed by atoms with Crippen molar-refractivity contribution in [1.82, 2.24) is 0 Å². The first kappa shape index (κ1) is 11.7. The van der Waals surface area contributed by atoms with Crippen LogP contribution in [0.25, 0.3) is 0 Å². The first-order valence-corrected chi connectivity index (χ1v) is 4.45. The number of aliphatic hydroxyl groups is 2. The van der Waals surface area contributed by atoms with Crippen LogP contribution in [-0.2, 0) is 0 Å². The van der Waals surface area contributed by atoms with Crippen LogP contribution in [0.5, 0.6) is 0 Å². The topological polar surface area (TPSA) is 40.5 Å². The Kier molecular flexibility index (Phi) is 5.18. The quantitative estimate of drug-likeness (QED) is 0.660. The van der Waals surface area contributed by atoms with E-state index in [1.165, 1.54) is 0 Å². The first-order chi connectivity index (χ1) is 5.60. The first-order valence-electron chi connectivity index (χ1n) is 4.45. The standard InChI is InChI=1S/C10H19O2/c1-4-7-8-9(11)10(12,5-2)6-3/h4,7,9,11-12H,1,5-6,8H2,2-3H3/b7-4+. The zero-order chi connectivity index (χ0) is 9.61. The van der Waals surface area contributed by atoms with Crippen molar-refractivity contribution in [2.24, 2.45) is 0 Å². The third kappa shape index (κ3) is 2.95. The second kappa shape index (κ2) is 5.33. The van der Waals surface area contributed by atoms with Crippen molar-refractivity contribution in [3.8, 4) is 0 Å². The van der Waals surface area contributed by atoms with Crippen molar-refractivity contribution >= 4 is 0 Å². The van der Waals surface area contributed by atoms with Gasteiger partial charge in [0.05, 0.1) is 11.7 Å². The van der Waals surface area contributed by atoms with Crippen molar-refractivity contribution in [3.63, 3.8) is 0 Å². The fourth-order valence-electron chi connectivity index (χ4n) is 1.17. The van der Waals surface area contributed by atoms with Crippen LogP contribution in [0.3, 0.4) is 0 Å². The molecule has 2 heteroatoms. The van der Waals surface area contributed by atoms with Gasteiger partial charge in [0.25, 0.3) is 0 Å². The maximum atomic E-state index is 9.82. The fraction of sp³-hybridized carbons (Fsp3) is 0.700. The van der Waals surface area contributed by atoms with Gasteiger partial charge in [-0.3, -0.25) is 0 Å². The van der Waals surface area contributed by atoms with Crippen molar-refractivity contribution in [2.45, 2.75) is 44.8 Å². The Bertz CT molecular complexity index is 137. The Morgan fingerprint density at radius 1 is 1.42 bits per heavy atom. The molecule has 2 nitrogen and oxygen atoms in total. The minimum atomic E-state index is -0.931. The minimum Gasteiger partial charge on any atom is -0.390 e. The predicted molar refractivity (Wildman–Crippen MR) is 50.7 cm³/mol. The molecule has 0 saturated carbocycles. The average molecular weight is 171 g/mol. The van der Waals surface area contributed by atoms with Crippen LogP contribution in [0.15, 0.2) is 12.2 Å². The lowest BCUT2D eigenvalue weighted by atomic mass is 9.89. The summed E-state index contributed by atoms with van der Waals surface area (Å²) in [7, 11) is 0. The molecule has 0 aromatic rings. The summed E-state index contributed by atoms with van der Waals surface area (Å²) in [6, 6.07) is 0. The van der Waals surface area contributed by atoms with Crippen LogP contribution in [-0.4, -0.2) is 21.9 Å². The Labute approximate surface area is 74.9 Å². The van der Waals surface area contributed by atoms with Crippen LogP contribution in [0.2, 0.25) is 0 Å². The number of hydrogen-bond donors (Lipinski definition) is 2. The summed E-state index contributed by atoms with van der Waals surface area (Å²) in [5, 5.41) is 19.4. The number of allylic oxidation sites excluding steroid dienone is 1. The average Bonchev–Trinajstić information content (AvgIpc) is 2.12. The van der Waals surface area contributed by atoms with Gasteiger partial charge in [0.1, 0.15) is 0 Å². The summed E-state index contributed by atoms with van der Waals surface area (Å²) >= 11 is 0. The van der Waals surface area contributed by atoms with Gasteiger partial charge in [-0.2, -0.15) is 0 Å². The van der Waals surface area contributed by atoms with E-state index in [1.807, 2.05) is 13.8 Å². The molecule has 0 saturated heterocycles. The van der Waals surface area contributed by atoms with Crippen LogP contribution < -0.4 is 0 Å². The van der Waals surface area contributed by atoms with E-state index in [1.54, 1.807) is 12.2 Å². The summed E-state index contributed by atoms with van der Waals surface area (Å²) < 4.78 is 0. The number of aliphatic hydroxyl groups excluding tert-OH is 1. The molecule has 0 aliphatic heterocycles. The highest BCUT2D eigenvalue weighted by atomic mass is 16.3. The van der Waals surface area contributed by atoms with E-state index >= 15 is 0 Å². The number of rotatable bonds is 5. The van der Waals surface area contributed by atoms with Crippen LogP contribution in [0.1, 0.15) is 33.1 Å². The lowest BCUT2D eigenvalue weighted by Gasteiger charge is -2.30. The lowest BCUT2D eigenvalue weighted by Crippen LogP contribution is -2.40. The summed E-state index contributed by atoms with van der Waals surface area (Å²) in [5.41, 5.74) is -0.931. The van der Waals surface area contributed by atoms with Crippen LogP contribution in [0, 0.1) is 6.92 Å². The molecule has 0 spiro atoms. The molecule has 0 heterocycles. The molecule has 0 fully saturated rings. The second-order valence-corrected chi connectivity index (χ2v) is 3.03. The van der Waals surface area contributed by atoms with Crippen molar-refractivity contribution in [3.05, 3.63) is 19.1 Å². The molecule has 1 radical (unpaired) electrons. The van der Waals surface area contributed by atoms with E-state index in [0.717, 1.165) is 0 Å². The van der Waals surface area contributed by atoms with E-state index in [-0.39, 0.29) is 0 Å². The van der Waals surface area contributed by atoms with E-state index < -0.39 is 11.7 Å². The highest BCUT2D eigenvalue weighted by Gasteiger charge is 2.30. The van der Waals surface area contributed by atoms with E-state index in [9.17, 15) is 10.2 Å². The van der Waals surface area contributed by atoms with Gasteiger partial charge in [0.2, 0.25) is 0 Å². The second-order valence-electron chi connectivity index (χ2n) is 3.03. The monoisotopic (exact) mass is 171 g/mol. The van der Waals surface area contributed by atoms with Gasteiger partial charge < -0.3 is 10.2 Å². The van der Waals surface area contributed by atoms with Gasteiger partial charge in [0.15, 0.2) is 0 Å². The normalized spacial score (nSPS) is 15.4. The van der Waals surface area contributed by atoms with Crippen LogP contribution in [0.4, 0.5) is 0 Å². The van der Waals surface area contributed by atoms with Gasteiger partial charge in [-0.25, -0.2) is 0 Å². The molecular weight excluding hydrogens is 152 g/mol. The zero-order valence-corrected chi connectivity index (χ0v) is 7.95. The smallest absolute Gasteiger partial charge is 0.0903 e. The summed E-state index contributed by atoms with van der Waals surface area (Å²) in [6.07, 6.45) is 4.36. The fourth-order valence-corrected chi connectivity index (χ4v) is 1.17. The predicted octanol–water partition coefficient (Wildman–Crippen LogP) is 1.68. The molecule has 0 aliphatic rings. The maximum Gasteiger partial charge on any atom is 0.0903 e. The van der Waals surface area contributed by atoms with Crippen molar-refractivity contribution in [2.75, 3.05) is 0 Å².